The van der Waals surface area contributed by atoms with Crippen molar-refractivity contribution in [2.24, 2.45) is 5.73 Å². The first-order valence-corrected chi connectivity index (χ1v) is 4.60. The average Bonchev–Trinajstić information content (AvgIpc) is 2.16. The minimum Gasteiger partial charge on any atom is -0.399 e. The van der Waals surface area contributed by atoms with Crippen molar-refractivity contribution in [1.29, 1.82) is 0 Å². The molecular weight excluding hydrogens is 174 g/mol. The predicted molar refractivity (Wildman–Crippen MR) is 59.3 cm³/mol. The Morgan fingerprint density at radius 1 is 1.36 bits per heavy atom. The molecule has 0 saturated heterocycles. The van der Waals surface area contributed by atoms with Crippen molar-refractivity contribution < 1.29 is 0 Å². The first-order chi connectivity index (χ1) is 6.68. The number of hydrogen-bond acceptors (Lipinski definition) is 3. The molecule has 2 rings (SSSR count). The van der Waals surface area contributed by atoms with E-state index in [2.05, 4.69) is 23.7 Å². The molecule has 14 heavy (non-hydrogen) atoms. The average molecular weight is 187 g/mol. The molecule has 0 aliphatic heterocycles. The molecule has 1 aliphatic carbocycles. The number of rotatable bonds is 1. The van der Waals surface area contributed by atoms with Crippen LogP contribution in [0.3, 0.4) is 0 Å². The van der Waals surface area contributed by atoms with Crippen molar-refractivity contribution in [3.8, 4) is 0 Å². The molecule has 0 amide bonds. The van der Waals surface area contributed by atoms with Crippen LogP contribution in [0.4, 0.5) is 5.82 Å². The standard InChI is InChI=1S/C11H13N3/c1-7(12)9-6-8-4-2-3-5-10(8)14-11(9)13/h4-6H,1-3,12H2,(H2,13,14). The van der Waals surface area contributed by atoms with Gasteiger partial charge in [-0.3, -0.25) is 0 Å². The summed E-state index contributed by atoms with van der Waals surface area (Å²) in [5.74, 6) is 0.461. The van der Waals surface area contributed by atoms with E-state index in [1.54, 1.807) is 0 Å². The highest BCUT2D eigenvalue weighted by molar-refractivity contribution is 5.69. The lowest BCUT2D eigenvalue weighted by molar-refractivity contribution is 1.08. The van der Waals surface area contributed by atoms with Gasteiger partial charge in [0.15, 0.2) is 0 Å². The van der Waals surface area contributed by atoms with Gasteiger partial charge >= 0.3 is 0 Å². The Bertz CT molecular complexity index is 500. The van der Waals surface area contributed by atoms with Crippen LogP contribution in [0.25, 0.3) is 17.8 Å². The maximum atomic E-state index is 5.76. The molecule has 3 nitrogen and oxygen atoms in total. The summed E-state index contributed by atoms with van der Waals surface area (Å²) in [5, 5.41) is 2.06. The second kappa shape index (κ2) is 3.18. The second-order valence-corrected chi connectivity index (χ2v) is 3.41. The van der Waals surface area contributed by atoms with Crippen LogP contribution in [-0.4, -0.2) is 4.98 Å². The fourth-order valence-electron chi connectivity index (χ4n) is 1.60. The summed E-state index contributed by atoms with van der Waals surface area (Å²) < 4.78 is 0. The number of fused-ring (bicyclic) bond motifs is 1. The van der Waals surface area contributed by atoms with Crippen molar-refractivity contribution in [3.63, 3.8) is 0 Å². The maximum Gasteiger partial charge on any atom is 0.133 e. The zero-order valence-electron chi connectivity index (χ0n) is 7.96. The molecule has 1 aromatic heterocycles. The molecule has 0 spiro atoms. The van der Waals surface area contributed by atoms with E-state index in [9.17, 15) is 0 Å². The van der Waals surface area contributed by atoms with Crippen LogP contribution >= 0.6 is 0 Å². The van der Waals surface area contributed by atoms with Gasteiger partial charge in [0.25, 0.3) is 0 Å². The van der Waals surface area contributed by atoms with Gasteiger partial charge < -0.3 is 11.5 Å². The number of aromatic nitrogens is 1. The molecule has 0 saturated carbocycles. The van der Waals surface area contributed by atoms with Crippen LogP contribution in [0.15, 0.2) is 12.6 Å². The van der Waals surface area contributed by atoms with E-state index in [1.165, 1.54) is 0 Å². The zero-order valence-corrected chi connectivity index (χ0v) is 7.96. The van der Waals surface area contributed by atoms with E-state index >= 15 is 0 Å². The largest absolute Gasteiger partial charge is 0.399 e. The maximum absolute atomic E-state index is 5.76. The molecule has 0 aromatic carbocycles. The number of nitrogens with two attached hydrogens (primary N) is 2. The minimum absolute atomic E-state index is 0.461. The SMILES string of the molecule is C=C(N)c1cc2c(nc1N)=CCCC=2. The number of nitrogen functional groups attached to an aromatic ring is 1. The molecule has 0 unspecified atom stereocenters. The molecular formula is C11H13N3. The van der Waals surface area contributed by atoms with Gasteiger partial charge in [0.1, 0.15) is 5.82 Å². The molecule has 3 heteroatoms. The van der Waals surface area contributed by atoms with Crippen molar-refractivity contribution in [2.75, 3.05) is 5.73 Å². The Kier molecular flexibility index (Phi) is 2.00. The third-order valence-electron chi connectivity index (χ3n) is 2.33. The quantitative estimate of drug-likeness (QED) is 0.647. The van der Waals surface area contributed by atoms with Crippen LogP contribution in [0.2, 0.25) is 0 Å². The Morgan fingerprint density at radius 2 is 2.07 bits per heavy atom. The van der Waals surface area contributed by atoms with E-state index < -0.39 is 0 Å². The van der Waals surface area contributed by atoms with Crippen molar-refractivity contribution in [1.82, 2.24) is 4.98 Å². The van der Waals surface area contributed by atoms with E-state index in [4.69, 9.17) is 11.5 Å². The summed E-state index contributed by atoms with van der Waals surface area (Å²) >= 11 is 0. The predicted octanol–water partition coefficient (Wildman–Crippen LogP) is -0.0520. The highest BCUT2D eigenvalue weighted by atomic mass is 14.8. The summed E-state index contributed by atoms with van der Waals surface area (Å²) in [4.78, 5) is 4.29. The van der Waals surface area contributed by atoms with Crippen LogP contribution in [0.1, 0.15) is 18.4 Å². The first-order valence-electron chi connectivity index (χ1n) is 4.60. The summed E-state index contributed by atoms with van der Waals surface area (Å²) in [6.07, 6.45) is 6.32. The molecule has 0 atom stereocenters. The van der Waals surface area contributed by atoms with Crippen molar-refractivity contribution >= 4 is 23.7 Å². The van der Waals surface area contributed by atoms with E-state index in [-0.39, 0.29) is 0 Å². The number of nitrogens with zero attached hydrogens (tertiary/aromatic N) is 1. The van der Waals surface area contributed by atoms with E-state index in [0.717, 1.165) is 29.0 Å². The fourth-order valence-corrected chi connectivity index (χ4v) is 1.60. The van der Waals surface area contributed by atoms with Gasteiger partial charge in [0.2, 0.25) is 0 Å². The Labute approximate surface area is 82.4 Å². The van der Waals surface area contributed by atoms with Gasteiger partial charge in [0, 0.05) is 11.3 Å². The van der Waals surface area contributed by atoms with Crippen LogP contribution in [0.5, 0.6) is 0 Å². The lowest BCUT2D eigenvalue weighted by Crippen LogP contribution is -2.32. The fraction of sp³-hybridized carbons (Fsp3) is 0.182. The molecule has 1 heterocycles. The lowest BCUT2D eigenvalue weighted by Gasteiger charge is -2.06. The Morgan fingerprint density at radius 3 is 2.79 bits per heavy atom. The second-order valence-electron chi connectivity index (χ2n) is 3.41. The normalized spacial score (nSPS) is 13.7. The smallest absolute Gasteiger partial charge is 0.133 e. The summed E-state index contributed by atoms with van der Waals surface area (Å²) in [6.45, 7) is 3.67. The van der Waals surface area contributed by atoms with Crippen molar-refractivity contribution in [2.45, 2.75) is 12.8 Å². The van der Waals surface area contributed by atoms with Gasteiger partial charge in [-0.15, -0.1) is 0 Å². The molecule has 1 aliphatic rings. The third kappa shape index (κ3) is 1.37. The monoisotopic (exact) mass is 187 g/mol. The van der Waals surface area contributed by atoms with Gasteiger partial charge in [-0.05, 0) is 24.1 Å². The molecule has 72 valence electrons. The minimum atomic E-state index is 0.461. The number of pyridine rings is 1. The van der Waals surface area contributed by atoms with Crippen LogP contribution in [0, 0.1) is 0 Å². The molecule has 0 fully saturated rings. The first kappa shape index (κ1) is 8.81. The zero-order chi connectivity index (χ0) is 10.1. The number of hydrogen-bond donors (Lipinski definition) is 2. The van der Waals surface area contributed by atoms with E-state index in [1.807, 2.05) is 6.07 Å². The topological polar surface area (TPSA) is 64.9 Å². The highest BCUT2D eigenvalue weighted by Crippen LogP contribution is 2.09. The van der Waals surface area contributed by atoms with Gasteiger partial charge in [-0.25, -0.2) is 4.98 Å². The van der Waals surface area contributed by atoms with Crippen LogP contribution in [-0.2, 0) is 0 Å². The van der Waals surface area contributed by atoms with Gasteiger partial charge in [-0.2, -0.15) is 0 Å². The Hall–Kier alpha value is -1.77. The van der Waals surface area contributed by atoms with Gasteiger partial charge in [-0.1, -0.05) is 18.7 Å². The summed E-state index contributed by atoms with van der Waals surface area (Å²) in [5.41, 5.74) is 12.6. The summed E-state index contributed by atoms with van der Waals surface area (Å²) in [6, 6.07) is 1.95. The molecule has 0 bridgehead atoms. The summed E-state index contributed by atoms with van der Waals surface area (Å²) in [7, 11) is 0. The number of anilines is 1. The third-order valence-corrected chi connectivity index (χ3v) is 2.33. The highest BCUT2D eigenvalue weighted by Gasteiger charge is 2.03. The van der Waals surface area contributed by atoms with Crippen molar-refractivity contribution in [3.05, 3.63) is 28.8 Å². The Balaban J connectivity index is 2.76. The van der Waals surface area contributed by atoms with Gasteiger partial charge in [0.05, 0.1) is 5.35 Å². The lowest BCUT2D eigenvalue weighted by atomic mass is 10.1. The molecule has 1 aromatic rings. The van der Waals surface area contributed by atoms with Crippen LogP contribution < -0.4 is 22.0 Å². The molecule has 0 radical (unpaired) electrons. The molecule has 4 N–H and O–H groups in total. The van der Waals surface area contributed by atoms with E-state index in [0.29, 0.717) is 11.5 Å².